The van der Waals surface area contributed by atoms with Gasteiger partial charge in [0.25, 0.3) is 0 Å². The van der Waals surface area contributed by atoms with Gasteiger partial charge in [-0.2, -0.15) is 0 Å². The van der Waals surface area contributed by atoms with Gasteiger partial charge in [-0.1, -0.05) is 23.7 Å². The van der Waals surface area contributed by atoms with Gasteiger partial charge in [-0.05, 0) is 51.8 Å². The molecule has 4 nitrogen and oxygen atoms in total. The van der Waals surface area contributed by atoms with Crippen LogP contribution in [0.25, 0.3) is 0 Å². The monoisotopic (exact) mass is 324 g/mol. The van der Waals surface area contributed by atoms with Crippen molar-refractivity contribution in [3.8, 4) is 0 Å². The van der Waals surface area contributed by atoms with E-state index in [-0.39, 0.29) is 18.2 Å². The zero-order valence-electron chi connectivity index (χ0n) is 13.7. The van der Waals surface area contributed by atoms with Crippen molar-refractivity contribution in [3.63, 3.8) is 0 Å². The summed E-state index contributed by atoms with van der Waals surface area (Å²) < 4.78 is 5.50. The van der Waals surface area contributed by atoms with E-state index in [2.05, 4.69) is 5.32 Å². The minimum absolute atomic E-state index is 0.135. The fourth-order valence-electron chi connectivity index (χ4n) is 2.55. The summed E-state index contributed by atoms with van der Waals surface area (Å²) in [4.78, 5) is 14.1. The Morgan fingerprint density at radius 2 is 2.00 bits per heavy atom. The average molecular weight is 325 g/mol. The van der Waals surface area contributed by atoms with Crippen molar-refractivity contribution in [3.05, 3.63) is 34.9 Å². The Labute approximate surface area is 137 Å². The number of amides is 1. The molecule has 2 rings (SSSR count). The number of carbonyl (C=O) groups is 1. The number of piperazine rings is 1. The lowest BCUT2D eigenvalue weighted by Gasteiger charge is -2.39. The molecular weight excluding hydrogens is 300 g/mol. The maximum atomic E-state index is 12.3. The summed E-state index contributed by atoms with van der Waals surface area (Å²) in [6.07, 6.45) is 0.631. The highest BCUT2D eigenvalue weighted by molar-refractivity contribution is 6.30. The SMILES string of the molecule is CC1CNC(Cc2ccc(Cl)cc2)CN1C(=O)OC(C)(C)C. The number of halogens is 1. The molecule has 0 aliphatic carbocycles. The molecule has 2 atom stereocenters. The van der Waals surface area contributed by atoms with Crippen LogP contribution < -0.4 is 5.32 Å². The molecule has 22 heavy (non-hydrogen) atoms. The number of nitrogens with one attached hydrogen (secondary N) is 1. The average Bonchev–Trinajstić information content (AvgIpc) is 2.41. The van der Waals surface area contributed by atoms with Crippen LogP contribution in [-0.4, -0.2) is 41.8 Å². The van der Waals surface area contributed by atoms with Gasteiger partial charge in [0.1, 0.15) is 5.60 Å². The topological polar surface area (TPSA) is 41.6 Å². The maximum absolute atomic E-state index is 12.3. The fraction of sp³-hybridized carbons (Fsp3) is 0.588. The van der Waals surface area contributed by atoms with E-state index in [9.17, 15) is 4.79 Å². The van der Waals surface area contributed by atoms with Crippen LogP contribution in [0, 0.1) is 0 Å². The Hall–Kier alpha value is -1.26. The number of benzene rings is 1. The second kappa shape index (κ2) is 6.88. The van der Waals surface area contributed by atoms with Gasteiger partial charge in [-0.3, -0.25) is 0 Å². The number of hydrogen-bond acceptors (Lipinski definition) is 3. The van der Waals surface area contributed by atoms with Crippen LogP contribution in [0.1, 0.15) is 33.3 Å². The molecule has 5 heteroatoms. The van der Waals surface area contributed by atoms with Gasteiger partial charge in [0.2, 0.25) is 0 Å². The molecule has 0 radical (unpaired) electrons. The predicted octanol–water partition coefficient (Wildman–Crippen LogP) is 3.48. The smallest absolute Gasteiger partial charge is 0.410 e. The third kappa shape index (κ3) is 4.89. The van der Waals surface area contributed by atoms with E-state index in [1.807, 2.05) is 56.9 Å². The molecule has 1 heterocycles. The Balaban J connectivity index is 1.98. The van der Waals surface area contributed by atoms with Crippen molar-refractivity contribution in [2.45, 2.75) is 51.8 Å². The number of nitrogens with zero attached hydrogens (tertiary/aromatic N) is 1. The minimum atomic E-state index is -0.465. The summed E-state index contributed by atoms with van der Waals surface area (Å²) in [6, 6.07) is 8.21. The van der Waals surface area contributed by atoms with E-state index in [0.29, 0.717) is 6.54 Å². The first-order valence-corrected chi connectivity index (χ1v) is 8.10. The molecule has 0 spiro atoms. The zero-order valence-corrected chi connectivity index (χ0v) is 14.5. The number of carbonyl (C=O) groups excluding carboxylic acids is 1. The summed E-state index contributed by atoms with van der Waals surface area (Å²) >= 11 is 5.91. The predicted molar refractivity (Wildman–Crippen MR) is 89.3 cm³/mol. The molecule has 2 unspecified atom stereocenters. The number of rotatable bonds is 2. The summed E-state index contributed by atoms with van der Waals surface area (Å²) in [5, 5.41) is 4.24. The van der Waals surface area contributed by atoms with Crippen molar-refractivity contribution in [2.75, 3.05) is 13.1 Å². The van der Waals surface area contributed by atoms with Crippen LogP contribution in [-0.2, 0) is 11.2 Å². The first-order valence-electron chi connectivity index (χ1n) is 7.72. The van der Waals surface area contributed by atoms with Crippen molar-refractivity contribution in [1.82, 2.24) is 10.2 Å². The summed E-state index contributed by atoms with van der Waals surface area (Å²) in [5.74, 6) is 0. The summed E-state index contributed by atoms with van der Waals surface area (Å²) in [7, 11) is 0. The molecule has 1 aliphatic heterocycles. The van der Waals surface area contributed by atoms with E-state index in [1.54, 1.807) is 0 Å². The van der Waals surface area contributed by atoms with Gasteiger partial charge < -0.3 is 15.0 Å². The zero-order chi connectivity index (χ0) is 16.3. The van der Waals surface area contributed by atoms with Crippen LogP contribution in [0.5, 0.6) is 0 Å². The van der Waals surface area contributed by atoms with Gasteiger partial charge in [0.15, 0.2) is 0 Å². The largest absolute Gasteiger partial charge is 0.444 e. The van der Waals surface area contributed by atoms with Crippen molar-refractivity contribution >= 4 is 17.7 Å². The lowest BCUT2D eigenvalue weighted by Crippen LogP contribution is -2.58. The van der Waals surface area contributed by atoms with Crippen molar-refractivity contribution in [1.29, 1.82) is 0 Å². The highest BCUT2D eigenvalue weighted by Crippen LogP contribution is 2.17. The lowest BCUT2D eigenvalue weighted by molar-refractivity contribution is 0.00967. The van der Waals surface area contributed by atoms with E-state index in [4.69, 9.17) is 16.3 Å². The standard InChI is InChI=1S/C17H25ClN2O2/c1-12-10-19-15(9-13-5-7-14(18)8-6-13)11-20(12)16(21)22-17(2,3)4/h5-8,12,15,19H,9-11H2,1-4H3. The molecule has 122 valence electrons. The number of hydrogen-bond donors (Lipinski definition) is 1. The maximum Gasteiger partial charge on any atom is 0.410 e. The molecule has 1 aromatic carbocycles. The molecule has 0 aromatic heterocycles. The molecule has 1 fully saturated rings. The summed E-state index contributed by atoms with van der Waals surface area (Å²) in [6.45, 7) is 9.14. The molecule has 1 aromatic rings. The number of ether oxygens (including phenoxy) is 1. The Morgan fingerprint density at radius 3 is 2.59 bits per heavy atom. The Bertz CT molecular complexity index is 510. The van der Waals surface area contributed by atoms with Crippen LogP contribution in [0.15, 0.2) is 24.3 Å². The van der Waals surface area contributed by atoms with Gasteiger partial charge in [0.05, 0.1) is 0 Å². The van der Waals surface area contributed by atoms with Crippen molar-refractivity contribution in [2.24, 2.45) is 0 Å². The van der Waals surface area contributed by atoms with Gasteiger partial charge in [-0.15, -0.1) is 0 Å². The molecule has 1 amide bonds. The second-order valence-electron chi connectivity index (χ2n) is 6.92. The fourth-order valence-corrected chi connectivity index (χ4v) is 2.67. The lowest BCUT2D eigenvalue weighted by atomic mass is 10.0. The van der Waals surface area contributed by atoms with Crippen LogP contribution >= 0.6 is 11.6 Å². The Morgan fingerprint density at radius 1 is 1.36 bits per heavy atom. The highest BCUT2D eigenvalue weighted by atomic mass is 35.5. The summed E-state index contributed by atoms with van der Waals surface area (Å²) in [5.41, 5.74) is 0.744. The highest BCUT2D eigenvalue weighted by Gasteiger charge is 2.31. The van der Waals surface area contributed by atoms with Crippen molar-refractivity contribution < 1.29 is 9.53 Å². The molecule has 1 N–H and O–H groups in total. The second-order valence-corrected chi connectivity index (χ2v) is 7.35. The third-order valence-corrected chi connectivity index (χ3v) is 3.93. The molecular formula is C17H25ClN2O2. The molecule has 1 saturated heterocycles. The quantitative estimate of drug-likeness (QED) is 0.905. The van der Waals surface area contributed by atoms with Gasteiger partial charge >= 0.3 is 6.09 Å². The van der Waals surface area contributed by atoms with Gasteiger partial charge in [-0.25, -0.2) is 4.79 Å². The van der Waals surface area contributed by atoms with E-state index < -0.39 is 5.60 Å². The van der Waals surface area contributed by atoms with Crippen LogP contribution in [0.4, 0.5) is 4.79 Å². The molecule has 0 bridgehead atoms. The molecule has 1 aliphatic rings. The van der Waals surface area contributed by atoms with E-state index >= 15 is 0 Å². The normalized spacial score (nSPS) is 22.5. The van der Waals surface area contributed by atoms with E-state index in [0.717, 1.165) is 18.0 Å². The third-order valence-electron chi connectivity index (χ3n) is 3.67. The molecule has 0 saturated carbocycles. The first kappa shape index (κ1) is 17.1. The minimum Gasteiger partial charge on any atom is -0.444 e. The van der Waals surface area contributed by atoms with Gasteiger partial charge in [0, 0.05) is 30.2 Å². The van der Waals surface area contributed by atoms with Crippen LogP contribution in [0.3, 0.4) is 0 Å². The van der Waals surface area contributed by atoms with E-state index in [1.165, 1.54) is 5.56 Å². The Kier molecular flexibility index (Phi) is 5.35. The first-order chi connectivity index (χ1) is 10.2. The van der Waals surface area contributed by atoms with Crippen LogP contribution in [0.2, 0.25) is 5.02 Å².